The highest BCUT2D eigenvalue weighted by Crippen LogP contribution is 2.38. The average Bonchev–Trinajstić information content (AvgIpc) is 3.56. The summed E-state index contributed by atoms with van der Waals surface area (Å²) in [7, 11) is 0. The van der Waals surface area contributed by atoms with Crippen LogP contribution in [0.1, 0.15) is 35.1 Å². The number of amides is 2. The third-order valence-corrected chi connectivity index (χ3v) is 6.52. The summed E-state index contributed by atoms with van der Waals surface area (Å²) in [5.41, 5.74) is 1.63. The number of piperidine rings is 1. The van der Waals surface area contributed by atoms with Crippen molar-refractivity contribution in [1.82, 2.24) is 20.0 Å². The lowest BCUT2D eigenvalue weighted by atomic mass is 9.83. The number of nitrogens with one attached hydrogen (secondary N) is 1. The van der Waals surface area contributed by atoms with E-state index < -0.39 is 11.7 Å². The van der Waals surface area contributed by atoms with E-state index in [-0.39, 0.29) is 17.9 Å². The van der Waals surface area contributed by atoms with Gasteiger partial charge >= 0.3 is 12.2 Å². The molecule has 0 bridgehead atoms. The largest absolute Gasteiger partial charge is 0.463 e. The smallest absolute Gasteiger partial charge is 0.416 e. The van der Waals surface area contributed by atoms with E-state index in [4.69, 9.17) is 9.15 Å². The van der Waals surface area contributed by atoms with E-state index in [1.165, 1.54) is 12.1 Å². The number of urea groups is 1. The summed E-state index contributed by atoms with van der Waals surface area (Å²) in [5.74, 6) is 0.475. The van der Waals surface area contributed by atoms with E-state index in [0.717, 1.165) is 23.4 Å². The summed E-state index contributed by atoms with van der Waals surface area (Å²) in [5, 5.41) is 7.43. The molecule has 0 aliphatic carbocycles. The number of carbonyl (C=O) groups excluding carboxylic acids is 1. The van der Waals surface area contributed by atoms with Crippen LogP contribution in [0.3, 0.4) is 0 Å². The molecule has 0 saturated carbocycles. The third kappa shape index (κ3) is 4.68. The van der Waals surface area contributed by atoms with E-state index in [1.54, 1.807) is 22.1 Å². The minimum atomic E-state index is -4.38. The van der Waals surface area contributed by atoms with Gasteiger partial charge in [0, 0.05) is 43.7 Å². The Hall–Kier alpha value is -3.27. The Labute approximate surface area is 194 Å². The number of aromatic nitrogens is 2. The molecule has 2 amide bonds. The number of hydrogen-bond donors (Lipinski definition) is 1. The van der Waals surface area contributed by atoms with Gasteiger partial charge in [-0.05, 0) is 42.3 Å². The molecule has 0 spiro atoms. The van der Waals surface area contributed by atoms with Crippen LogP contribution in [-0.4, -0.2) is 65.4 Å². The lowest BCUT2D eigenvalue weighted by Crippen LogP contribution is -2.52. The minimum Gasteiger partial charge on any atom is -0.463 e. The first kappa shape index (κ1) is 22.5. The molecular formula is C24H25F3N4O3. The second-order valence-electron chi connectivity index (χ2n) is 8.72. The number of H-pyrrole nitrogens is 1. The van der Waals surface area contributed by atoms with Gasteiger partial charge in [0.1, 0.15) is 5.69 Å². The molecule has 1 aromatic carbocycles. The van der Waals surface area contributed by atoms with Crippen molar-refractivity contribution < 1.29 is 27.1 Å². The molecule has 2 saturated heterocycles. The number of carbonyl (C=O) groups is 1. The molecule has 0 radical (unpaired) electrons. The Morgan fingerprint density at radius 1 is 1.03 bits per heavy atom. The third-order valence-electron chi connectivity index (χ3n) is 6.52. The molecule has 180 valence electrons. The van der Waals surface area contributed by atoms with Gasteiger partial charge in [-0.25, -0.2) is 4.79 Å². The number of hydrogen-bond acceptors (Lipinski definition) is 4. The lowest BCUT2D eigenvalue weighted by Gasteiger charge is -2.41. The molecular weight excluding hydrogens is 449 g/mol. The van der Waals surface area contributed by atoms with Crippen LogP contribution in [0.15, 0.2) is 53.1 Å². The molecule has 4 heterocycles. The van der Waals surface area contributed by atoms with Crippen LogP contribution in [0.5, 0.6) is 0 Å². The molecule has 2 fully saturated rings. The van der Waals surface area contributed by atoms with E-state index in [9.17, 15) is 18.0 Å². The van der Waals surface area contributed by atoms with Crippen molar-refractivity contribution in [2.75, 3.05) is 39.4 Å². The zero-order valence-electron chi connectivity index (χ0n) is 18.4. The fourth-order valence-electron chi connectivity index (χ4n) is 4.72. The first-order valence-corrected chi connectivity index (χ1v) is 11.3. The Balaban J connectivity index is 1.41. The summed E-state index contributed by atoms with van der Waals surface area (Å²) in [6.45, 7) is 2.98. The fourth-order valence-corrected chi connectivity index (χ4v) is 4.72. The monoisotopic (exact) mass is 474 g/mol. The quantitative estimate of drug-likeness (QED) is 0.597. The van der Waals surface area contributed by atoms with Gasteiger partial charge in [0.2, 0.25) is 0 Å². The fraction of sp³-hybridized carbons (Fsp3) is 0.417. The highest BCUT2D eigenvalue weighted by molar-refractivity contribution is 5.75. The van der Waals surface area contributed by atoms with Crippen LogP contribution in [0, 0.1) is 0 Å². The number of nitrogens with zero attached hydrogens (tertiary/aromatic N) is 3. The number of halogens is 3. The molecule has 2 aliphatic heterocycles. The minimum absolute atomic E-state index is 0.0535. The maximum atomic E-state index is 13.3. The summed E-state index contributed by atoms with van der Waals surface area (Å²) < 4.78 is 50.0. The zero-order chi connectivity index (χ0) is 23.7. The van der Waals surface area contributed by atoms with Gasteiger partial charge in [-0.2, -0.15) is 18.3 Å². The molecule has 2 aromatic heterocycles. The van der Waals surface area contributed by atoms with E-state index in [2.05, 4.69) is 10.2 Å². The second kappa shape index (κ2) is 9.17. The normalized spacial score (nSPS) is 21.6. The summed E-state index contributed by atoms with van der Waals surface area (Å²) in [6.07, 6.45) is -2.13. The van der Waals surface area contributed by atoms with Gasteiger partial charge in [-0.15, -0.1) is 0 Å². The predicted molar refractivity (Wildman–Crippen MR) is 117 cm³/mol. The van der Waals surface area contributed by atoms with Crippen LogP contribution in [0.2, 0.25) is 0 Å². The predicted octanol–water partition coefficient (Wildman–Crippen LogP) is 4.71. The molecule has 34 heavy (non-hydrogen) atoms. The van der Waals surface area contributed by atoms with Gasteiger partial charge in [0.25, 0.3) is 0 Å². The number of ether oxygens (including phenoxy) is 1. The van der Waals surface area contributed by atoms with Crippen LogP contribution in [0.4, 0.5) is 18.0 Å². The summed E-state index contributed by atoms with van der Waals surface area (Å²) >= 11 is 0. The zero-order valence-corrected chi connectivity index (χ0v) is 18.4. The van der Waals surface area contributed by atoms with Gasteiger partial charge in [-0.3, -0.25) is 5.10 Å². The highest BCUT2D eigenvalue weighted by atomic mass is 19.4. The first-order valence-electron chi connectivity index (χ1n) is 11.3. The van der Waals surface area contributed by atoms with E-state index in [1.807, 2.05) is 12.1 Å². The molecule has 7 nitrogen and oxygen atoms in total. The van der Waals surface area contributed by atoms with Gasteiger partial charge in [0.05, 0.1) is 25.0 Å². The van der Waals surface area contributed by atoms with Crippen LogP contribution >= 0.6 is 0 Å². The second-order valence-corrected chi connectivity index (χ2v) is 8.72. The van der Waals surface area contributed by atoms with Crippen molar-refractivity contribution >= 4 is 6.03 Å². The Bertz CT molecular complexity index is 1110. The number of aromatic amines is 1. The van der Waals surface area contributed by atoms with Gasteiger partial charge in [-0.1, -0.05) is 12.1 Å². The molecule has 2 aliphatic rings. The highest BCUT2D eigenvalue weighted by Gasteiger charge is 2.36. The van der Waals surface area contributed by atoms with Crippen molar-refractivity contribution in [3.05, 3.63) is 65.5 Å². The number of likely N-dealkylation sites (tertiary alicyclic amines) is 1. The topological polar surface area (TPSA) is 74.6 Å². The number of alkyl halides is 3. The van der Waals surface area contributed by atoms with Gasteiger partial charge < -0.3 is 19.0 Å². The Morgan fingerprint density at radius 3 is 2.44 bits per heavy atom. The average molecular weight is 474 g/mol. The molecule has 2 atom stereocenters. The summed E-state index contributed by atoms with van der Waals surface area (Å²) in [6, 6.07) is 10.7. The molecule has 3 aromatic rings. The molecule has 10 heteroatoms. The van der Waals surface area contributed by atoms with E-state index in [0.29, 0.717) is 57.3 Å². The van der Waals surface area contributed by atoms with Gasteiger partial charge in [0.15, 0.2) is 5.76 Å². The number of morpholine rings is 1. The van der Waals surface area contributed by atoms with Crippen molar-refractivity contribution in [2.45, 2.75) is 24.4 Å². The Morgan fingerprint density at radius 2 is 1.76 bits per heavy atom. The first-order chi connectivity index (χ1) is 16.4. The maximum absolute atomic E-state index is 13.3. The van der Waals surface area contributed by atoms with Crippen molar-refractivity contribution in [3.63, 3.8) is 0 Å². The Kier molecular flexibility index (Phi) is 6.07. The number of rotatable bonds is 3. The molecule has 2 unspecified atom stereocenters. The van der Waals surface area contributed by atoms with Crippen LogP contribution in [-0.2, 0) is 10.9 Å². The standard InChI is InChI=1S/C24H25F3N4O3/c25-24(26,27)19-5-3-16(4-6-19)17-12-18(20-13-21(29-28-20)22-2-1-9-34-22)15-31(14-17)23(32)30-7-10-33-11-8-30/h1-6,9,13,17-18H,7-8,10-12,14-15H2,(H,28,29). The number of benzene rings is 1. The maximum Gasteiger partial charge on any atom is 0.416 e. The van der Waals surface area contributed by atoms with Crippen molar-refractivity contribution in [2.24, 2.45) is 0 Å². The SMILES string of the molecule is O=C(N1CCOCC1)N1CC(c2ccc(C(F)(F)F)cc2)CC(c2cc(-c3ccco3)n[nH]2)C1. The lowest BCUT2D eigenvalue weighted by molar-refractivity contribution is -0.137. The van der Waals surface area contributed by atoms with Crippen molar-refractivity contribution in [3.8, 4) is 11.5 Å². The van der Waals surface area contributed by atoms with E-state index >= 15 is 0 Å². The van der Waals surface area contributed by atoms with Crippen molar-refractivity contribution in [1.29, 1.82) is 0 Å². The van der Waals surface area contributed by atoms with Crippen LogP contribution < -0.4 is 0 Å². The molecule has 5 rings (SSSR count). The number of furan rings is 1. The van der Waals surface area contributed by atoms with Crippen LogP contribution in [0.25, 0.3) is 11.5 Å². The molecule has 1 N–H and O–H groups in total. The summed E-state index contributed by atoms with van der Waals surface area (Å²) in [4.78, 5) is 16.9.